The number of allylic oxidation sites excluding steroid dienone is 1. The van der Waals surface area contributed by atoms with E-state index >= 15 is 0 Å². The number of carboxylic acid groups (broad SMARTS) is 1. The third-order valence-corrected chi connectivity index (χ3v) is 4.71. The standard InChI is InChI=1S/C21H18F2N2O6/c1-11-16(19(28)30-2)17(14-5-3-4-6-15(14)31-20(22)23)24-21(29)25(11)13-9-7-12(8-10-13)18(26)27/h3-10,17,20H,1-2H3,(H,24,29)(H,26,27). The molecule has 0 radical (unpaired) electrons. The maximum atomic E-state index is 12.9. The van der Waals surface area contributed by atoms with Crippen LogP contribution in [0.1, 0.15) is 28.9 Å². The summed E-state index contributed by atoms with van der Waals surface area (Å²) in [6.45, 7) is -1.60. The Bertz CT molecular complexity index is 1050. The molecule has 0 fully saturated rings. The van der Waals surface area contributed by atoms with E-state index in [1.54, 1.807) is 6.07 Å². The van der Waals surface area contributed by atoms with E-state index in [2.05, 4.69) is 10.1 Å². The number of carbonyl (C=O) groups is 3. The van der Waals surface area contributed by atoms with Crippen molar-refractivity contribution >= 4 is 23.7 Å². The van der Waals surface area contributed by atoms with Crippen LogP contribution in [0, 0.1) is 0 Å². The highest BCUT2D eigenvalue weighted by Gasteiger charge is 2.38. The molecule has 2 aromatic carbocycles. The van der Waals surface area contributed by atoms with Crippen LogP contribution < -0.4 is 15.0 Å². The van der Waals surface area contributed by atoms with Gasteiger partial charge in [-0.1, -0.05) is 18.2 Å². The highest BCUT2D eigenvalue weighted by Crippen LogP contribution is 2.37. The number of hydrogen-bond acceptors (Lipinski definition) is 5. The minimum atomic E-state index is -3.10. The lowest BCUT2D eigenvalue weighted by Gasteiger charge is -2.35. The van der Waals surface area contributed by atoms with Crippen LogP contribution >= 0.6 is 0 Å². The van der Waals surface area contributed by atoms with Gasteiger partial charge in [-0.25, -0.2) is 14.4 Å². The molecule has 31 heavy (non-hydrogen) atoms. The van der Waals surface area contributed by atoms with Crippen molar-refractivity contribution in [1.82, 2.24) is 5.32 Å². The molecule has 3 rings (SSSR count). The molecule has 8 nitrogen and oxygen atoms in total. The molecule has 10 heteroatoms. The van der Waals surface area contributed by atoms with E-state index in [4.69, 9.17) is 9.84 Å². The van der Waals surface area contributed by atoms with Gasteiger partial charge in [-0.2, -0.15) is 8.78 Å². The molecule has 162 valence electrons. The predicted molar refractivity (Wildman–Crippen MR) is 105 cm³/mol. The Hall–Kier alpha value is -3.95. The summed E-state index contributed by atoms with van der Waals surface area (Å²) in [5.41, 5.74) is 0.672. The minimum absolute atomic E-state index is 0.00901. The molecule has 0 saturated carbocycles. The molecule has 1 atom stereocenters. The van der Waals surface area contributed by atoms with E-state index < -0.39 is 30.6 Å². The Morgan fingerprint density at radius 3 is 2.35 bits per heavy atom. The minimum Gasteiger partial charge on any atom is -0.478 e. The van der Waals surface area contributed by atoms with Gasteiger partial charge in [0.1, 0.15) is 5.75 Å². The maximum Gasteiger partial charge on any atom is 0.387 e. The molecule has 1 unspecified atom stereocenters. The van der Waals surface area contributed by atoms with E-state index in [0.29, 0.717) is 5.69 Å². The van der Waals surface area contributed by atoms with Gasteiger partial charge in [0.25, 0.3) is 0 Å². The van der Waals surface area contributed by atoms with Crippen molar-refractivity contribution in [2.24, 2.45) is 0 Å². The number of esters is 1. The summed E-state index contributed by atoms with van der Waals surface area (Å²) in [5.74, 6) is -2.11. The SMILES string of the molecule is COC(=O)C1=C(C)N(c2ccc(C(=O)O)cc2)C(=O)NC1c1ccccc1OC(F)F. The van der Waals surface area contributed by atoms with E-state index in [-0.39, 0.29) is 28.1 Å². The highest BCUT2D eigenvalue weighted by atomic mass is 19.3. The number of nitrogens with zero attached hydrogens (tertiary/aromatic N) is 1. The van der Waals surface area contributed by atoms with Gasteiger partial charge in [-0.3, -0.25) is 4.90 Å². The zero-order chi connectivity index (χ0) is 22.7. The zero-order valence-corrected chi connectivity index (χ0v) is 16.5. The van der Waals surface area contributed by atoms with Gasteiger partial charge in [0.2, 0.25) is 0 Å². The second-order valence-corrected chi connectivity index (χ2v) is 6.48. The lowest BCUT2D eigenvalue weighted by molar-refractivity contribution is -0.136. The number of para-hydroxylation sites is 1. The first-order chi connectivity index (χ1) is 14.7. The van der Waals surface area contributed by atoms with Crippen LogP contribution in [0.4, 0.5) is 19.3 Å². The lowest BCUT2D eigenvalue weighted by atomic mass is 9.94. The molecule has 0 aliphatic carbocycles. The lowest BCUT2D eigenvalue weighted by Crippen LogP contribution is -2.48. The zero-order valence-electron chi connectivity index (χ0n) is 16.5. The fourth-order valence-electron chi connectivity index (χ4n) is 3.34. The van der Waals surface area contributed by atoms with Crippen molar-refractivity contribution in [3.05, 3.63) is 70.9 Å². The van der Waals surface area contributed by atoms with E-state index in [0.717, 1.165) is 7.11 Å². The Labute approximate surface area is 175 Å². The number of anilines is 1. The molecule has 2 N–H and O–H groups in total. The number of aromatic carboxylic acids is 1. The van der Waals surface area contributed by atoms with Gasteiger partial charge in [0.15, 0.2) is 0 Å². The van der Waals surface area contributed by atoms with Crippen molar-refractivity contribution < 1.29 is 37.7 Å². The molecule has 0 saturated heterocycles. The number of rotatable bonds is 6. The van der Waals surface area contributed by atoms with Gasteiger partial charge in [0.05, 0.1) is 30.0 Å². The number of carbonyl (C=O) groups excluding carboxylic acids is 2. The van der Waals surface area contributed by atoms with Crippen LogP contribution in [-0.2, 0) is 9.53 Å². The Kier molecular flexibility index (Phi) is 6.19. The number of nitrogens with one attached hydrogen (secondary N) is 1. The summed E-state index contributed by atoms with van der Waals surface area (Å²) < 4.78 is 35.1. The first kappa shape index (κ1) is 21.8. The highest BCUT2D eigenvalue weighted by molar-refractivity contribution is 6.03. The topological polar surface area (TPSA) is 105 Å². The van der Waals surface area contributed by atoms with E-state index in [1.165, 1.54) is 54.3 Å². The van der Waals surface area contributed by atoms with E-state index in [1.807, 2.05) is 0 Å². The summed E-state index contributed by atoms with van der Waals surface area (Å²) >= 11 is 0. The summed E-state index contributed by atoms with van der Waals surface area (Å²) in [4.78, 5) is 37.8. The Morgan fingerprint density at radius 2 is 1.77 bits per heavy atom. The second kappa shape index (κ2) is 8.82. The van der Waals surface area contributed by atoms with Gasteiger partial charge in [-0.15, -0.1) is 0 Å². The molecule has 0 bridgehead atoms. The molecule has 1 heterocycles. The average molecular weight is 432 g/mol. The normalized spacial score (nSPS) is 16.2. The first-order valence-electron chi connectivity index (χ1n) is 9.01. The first-order valence-corrected chi connectivity index (χ1v) is 9.01. The molecule has 0 spiro atoms. The Balaban J connectivity index is 2.12. The number of hydrogen-bond donors (Lipinski definition) is 2. The number of methoxy groups -OCH3 is 1. The quantitative estimate of drug-likeness (QED) is 0.675. The van der Waals surface area contributed by atoms with Crippen LogP contribution in [0.15, 0.2) is 59.8 Å². The average Bonchev–Trinajstić information content (AvgIpc) is 2.73. The molecular formula is C21H18F2N2O6. The molecule has 1 aliphatic heterocycles. The molecule has 1 aliphatic rings. The van der Waals surface area contributed by atoms with Crippen LogP contribution in [-0.4, -0.2) is 36.8 Å². The van der Waals surface area contributed by atoms with Crippen molar-refractivity contribution in [1.29, 1.82) is 0 Å². The van der Waals surface area contributed by atoms with Gasteiger partial charge >= 0.3 is 24.6 Å². The van der Waals surface area contributed by atoms with Gasteiger partial charge in [-0.05, 0) is 37.3 Å². The Morgan fingerprint density at radius 1 is 1.13 bits per heavy atom. The third kappa shape index (κ3) is 4.32. The smallest absolute Gasteiger partial charge is 0.387 e. The summed E-state index contributed by atoms with van der Waals surface area (Å²) in [6, 6.07) is 9.49. The maximum absolute atomic E-state index is 12.9. The van der Waals surface area contributed by atoms with Crippen LogP contribution in [0.25, 0.3) is 0 Å². The molecule has 0 aromatic heterocycles. The number of benzene rings is 2. The van der Waals surface area contributed by atoms with Crippen LogP contribution in [0.3, 0.4) is 0 Å². The number of alkyl halides is 2. The predicted octanol–water partition coefficient (Wildman–Crippen LogP) is 3.70. The summed E-state index contributed by atoms with van der Waals surface area (Å²) in [7, 11) is 1.16. The summed E-state index contributed by atoms with van der Waals surface area (Å²) in [6.07, 6.45) is 0. The van der Waals surface area contributed by atoms with Crippen LogP contribution in [0.2, 0.25) is 0 Å². The number of urea groups is 1. The number of halogens is 2. The number of carboxylic acids is 1. The van der Waals surface area contributed by atoms with Crippen molar-refractivity contribution in [3.8, 4) is 5.75 Å². The van der Waals surface area contributed by atoms with Crippen molar-refractivity contribution in [3.63, 3.8) is 0 Å². The van der Waals surface area contributed by atoms with Crippen molar-refractivity contribution in [2.75, 3.05) is 12.0 Å². The number of ether oxygens (including phenoxy) is 2. The second-order valence-electron chi connectivity index (χ2n) is 6.48. The van der Waals surface area contributed by atoms with Gasteiger partial charge in [0, 0.05) is 11.3 Å². The molecular weight excluding hydrogens is 414 g/mol. The fourth-order valence-corrected chi connectivity index (χ4v) is 3.34. The van der Waals surface area contributed by atoms with Crippen LogP contribution in [0.5, 0.6) is 5.75 Å². The van der Waals surface area contributed by atoms with Crippen molar-refractivity contribution in [2.45, 2.75) is 19.6 Å². The molecule has 2 aromatic rings. The fraction of sp³-hybridized carbons (Fsp3) is 0.190. The van der Waals surface area contributed by atoms with E-state index in [9.17, 15) is 23.2 Å². The van der Waals surface area contributed by atoms with Gasteiger partial charge < -0.3 is 19.9 Å². The largest absolute Gasteiger partial charge is 0.478 e. The summed E-state index contributed by atoms with van der Waals surface area (Å²) in [5, 5.41) is 11.7. The number of amides is 2. The molecule has 2 amide bonds. The third-order valence-electron chi connectivity index (χ3n) is 4.71. The monoisotopic (exact) mass is 432 g/mol.